The van der Waals surface area contributed by atoms with Crippen LogP contribution in [0.5, 0.6) is 5.75 Å². The van der Waals surface area contributed by atoms with Gasteiger partial charge in [0.25, 0.3) is 0 Å². The third-order valence-corrected chi connectivity index (χ3v) is 3.89. The van der Waals surface area contributed by atoms with Crippen LogP contribution in [0.25, 0.3) is 0 Å². The predicted molar refractivity (Wildman–Crippen MR) is 73.0 cm³/mol. The van der Waals surface area contributed by atoms with Crippen LogP contribution in [0.1, 0.15) is 32.3 Å². The zero-order valence-electron chi connectivity index (χ0n) is 12.1. The Balaban J connectivity index is 2.96. The van der Waals surface area contributed by atoms with Crippen molar-refractivity contribution >= 4 is 0 Å². The summed E-state index contributed by atoms with van der Waals surface area (Å²) in [6.07, 6.45) is 0.798. The largest absolute Gasteiger partial charge is 0.494 e. The lowest BCUT2D eigenvalue weighted by Crippen LogP contribution is -2.44. The highest BCUT2D eigenvalue weighted by Crippen LogP contribution is 2.28. The number of aliphatic hydroxyl groups excluding tert-OH is 1. The van der Waals surface area contributed by atoms with E-state index in [0.717, 1.165) is 0 Å². The fourth-order valence-electron chi connectivity index (χ4n) is 2.41. The van der Waals surface area contributed by atoms with E-state index in [1.54, 1.807) is 25.3 Å². The van der Waals surface area contributed by atoms with Gasteiger partial charge in [0.1, 0.15) is 0 Å². The van der Waals surface area contributed by atoms with Gasteiger partial charge in [0, 0.05) is 13.5 Å². The monoisotopic (exact) mass is 270 g/mol. The van der Waals surface area contributed by atoms with Gasteiger partial charge in [0.05, 0.1) is 18.8 Å². The molecule has 0 saturated carbocycles. The summed E-state index contributed by atoms with van der Waals surface area (Å²) < 4.78 is 24.5. The summed E-state index contributed by atoms with van der Waals surface area (Å²) in [5.41, 5.74) is -0.189. The molecular weight excluding hydrogens is 247 g/mol. The van der Waals surface area contributed by atoms with E-state index in [9.17, 15) is 9.50 Å². The second-order valence-electron chi connectivity index (χ2n) is 4.63. The molecule has 0 aliphatic rings. The van der Waals surface area contributed by atoms with E-state index < -0.39 is 17.5 Å². The molecule has 0 saturated heterocycles. The number of methoxy groups -OCH3 is 2. The smallest absolute Gasteiger partial charge is 0.168 e. The van der Waals surface area contributed by atoms with Crippen LogP contribution in [0.15, 0.2) is 18.2 Å². The fourth-order valence-corrected chi connectivity index (χ4v) is 2.41. The summed E-state index contributed by atoms with van der Waals surface area (Å²) in [7, 11) is 3.01. The molecule has 0 aliphatic heterocycles. The van der Waals surface area contributed by atoms with Crippen molar-refractivity contribution in [3.05, 3.63) is 29.6 Å². The number of benzene rings is 1. The van der Waals surface area contributed by atoms with Gasteiger partial charge in [-0.1, -0.05) is 26.0 Å². The molecule has 0 aliphatic carbocycles. The average molecular weight is 270 g/mol. The quantitative estimate of drug-likeness (QED) is 0.828. The van der Waals surface area contributed by atoms with Gasteiger partial charge >= 0.3 is 0 Å². The fraction of sp³-hybridized carbons (Fsp3) is 0.600. The molecule has 3 nitrogen and oxygen atoms in total. The molecule has 0 spiro atoms. The first-order valence-electron chi connectivity index (χ1n) is 6.59. The number of rotatable bonds is 7. The van der Waals surface area contributed by atoms with Gasteiger partial charge in [0.2, 0.25) is 0 Å². The van der Waals surface area contributed by atoms with E-state index in [1.807, 2.05) is 13.8 Å². The summed E-state index contributed by atoms with van der Waals surface area (Å²) in [4.78, 5) is 0. The Kier molecular flexibility index (Phi) is 5.76. The number of hydrogen-bond acceptors (Lipinski definition) is 3. The number of ether oxygens (including phenoxy) is 2. The second-order valence-corrected chi connectivity index (χ2v) is 4.63. The van der Waals surface area contributed by atoms with Crippen LogP contribution in [0.3, 0.4) is 0 Å². The molecule has 1 rings (SSSR count). The summed E-state index contributed by atoms with van der Waals surface area (Å²) in [5, 5.41) is 10.4. The van der Waals surface area contributed by atoms with Crippen molar-refractivity contribution in [3.63, 3.8) is 0 Å². The molecular formula is C15H23FO3. The predicted octanol–water partition coefficient (Wildman–Crippen LogP) is 2.94. The lowest BCUT2D eigenvalue weighted by atomic mass is 9.86. The van der Waals surface area contributed by atoms with Crippen molar-refractivity contribution in [1.29, 1.82) is 0 Å². The van der Waals surface area contributed by atoms with E-state index in [2.05, 4.69) is 0 Å². The summed E-state index contributed by atoms with van der Waals surface area (Å²) in [5.74, 6) is -0.220. The number of aliphatic hydroxyl groups is 1. The van der Waals surface area contributed by atoms with Crippen LogP contribution >= 0.6 is 0 Å². The van der Waals surface area contributed by atoms with Crippen molar-refractivity contribution in [3.8, 4) is 5.75 Å². The van der Waals surface area contributed by atoms with E-state index >= 15 is 0 Å². The van der Waals surface area contributed by atoms with Crippen molar-refractivity contribution in [1.82, 2.24) is 0 Å². The first-order chi connectivity index (χ1) is 9.04. The average Bonchev–Trinajstić information content (AvgIpc) is 2.44. The number of hydrogen-bond donors (Lipinski definition) is 1. The van der Waals surface area contributed by atoms with Crippen LogP contribution in [0.4, 0.5) is 4.39 Å². The SMILES string of the molecule is CCC(CC)(OC)C(O)Cc1cccc(OC)c1F. The molecule has 0 aromatic heterocycles. The molecule has 0 amide bonds. The van der Waals surface area contributed by atoms with E-state index in [-0.39, 0.29) is 12.2 Å². The van der Waals surface area contributed by atoms with Crippen molar-refractivity contribution in [2.24, 2.45) is 0 Å². The number of halogens is 1. The lowest BCUT2D eigenvalue weighted by Gasteiger charge is -2.35. The van der Waals surface area contributed by atoms with Gasteiger partial charge in [-0.15, -0.1) is 0 Å². The maximum absolute atomic E-state index is 14.1. The minimum absolute atomic E-state index is 0.195. The Morgan fingerprint density at radius 3 is 2.37 bits per heavy atom. The Labute approximate surface area is 114 Å². The highest BCUT2D eigenvalue weighted by Gasteiger charge is 2.35. The lowest BCUT2D eigenvalue weighted by molar-refractivity contribution is -0.107. The molecule has 0 fully saturated rings. The molecule has 19 heavy (non-hydrogen) atoms. The van der Waals surface area contributed by atoms with Crippen LogP contribution < -0.4 is 4.74 Å². The molecule has 4 heteroatoms. The third kappa shape index (κ3) is 3.25. The minimum Gasteiger partial charge on any atom is -0.494 e. The molecule has 0 radical (unpaired) electrons. The van der Waals surface area contributed by atoms with E-state index in [4.69, 9.17) is 9.47 Å². The molecule has 1 atom stereocenters. The second kappa shape index (κ2) is 6.87. The van der Waals surface area contributed by atoms with Crippen LogP contribution in [0, 0.1) is 5.82 Å². The highest BCUT2D eigenvalue weighted by molar-refractivity contribution is 5.31. The standard InChI is InChI=1S/C15H23FO3/c1-5-15(6-2,19-4)13(17)10-11-8-7-9-12(18-3)14(11)16/h7-9,13,17H,5-6,10H2,1-4H3. The van der Waals surface area contributed by atoms with Gasteiger partial charge in [-0.05, 0) is 24.5 Å². The molecule has 0 heterocycles. The Morgan fingerprint density at radius 2 is 1.89 bits per heavy atom. The summed E-state index contributed by atoms with van der Waals surface area (Å²) >= 11 is 0. The van der Waals surface area contributed by atoms with E-state index in [0.29, 0.717) is 18.4 Å². The van der Waals surface area contributed by atoms with Gasteiger partial charge in [0.15, 0.2) is 11.6 Å². The summed E-state index contributed by atoms with van der Waals surface area (Å²) in [6, 6.07) is 4.94. The Bertz CT molecular complexity index is 394. The topological polar surface area (TPSA) is 38.7 Å². The van der Waals surface area contributed by atoms with Gasteiger partial charge in [-0.25, -0.2) is 4.39 Å². The van der Waals surface area contributed by atoms with Crippen LogP contribution in [-0.2, 0) is 11.2 Å². The maximum atomic E-state index is 14.1. The van der Waals surface area contributed by atoms with E-state index in [1.165, 1.54) is 7.11 Å². The molecule has 1 N–H and O–H groups in total. The molecule has 1 unspecified atom stereocenters. The molecule has 0 bridgehead atoms. The Hall–Kier alpha value is -1.13. The zero-order valence-corrected chi connectivity index (χ0v) is 12.1. The normalized spacial score (nSPS) is 13.4. The minimum atomic E-state index is -0.755. The maximum Gasteiger partial charge on any atom is 0.168 e. The Morgan fingerprint density at radius 1 is 1.26 bits per heavy atom. The van der Waals surface area contributed by atoms with Crippen molar-refractivity contribution in [2.45, 2.75) is 44.8 Å². The van der Waals surface area contributed by atoms with Gasteiger partial charge in [-0.3, -0.25) is 0 Å². The third-order valence-electron chi connectivity index (χ3n) is 3.89. The van der Waals surface area contributed by atoms with Crippen molar-refractivity contribution < 1.29 is 19.0 Å². The molecule has 108 valence electrons. The van der Waals surface area contributed by atoms with Gasteiger partial charge in [-0.2, -0.15) is 0 Å². The van der Waals surface area contributed by atoms with Gasteiger partial charge < -0.3 is 14.6 Å². The zero-order chi connectivity index (χ0) is 14.5. The first-order valence-corrected chi connectivity index (χ1v) is 6.59. The van der Waals surface area contributed by atoms with Crippen molar-refractivity contribution in [2.75, 3.05) is 14.2 Å². The first kappa shape index (κ1) is 15.9. The van der Waals surface area contributed by atoms with Crippen LogP contribution in [0.2, 0.25) is 0 Å². The highest BCUT2D eigenvalue weighted by atomic mass is 19.1. The molecule has 1 aromatic carbocycles. The van der Waals surface area contributed by atoms with Crippen LogP contribution in [-0.4, -0.2) is 31.0 Å². The molecule has 1 aromatic rings. The summed E-state index contributed by atoms with van der Waals surface area (Å²) in [6.45, 7) is 3.91.